The molecule has 1 fully saturated rings. The third-order valence-corrected chi connectivity index (χ3v) is 6.36. The number of carbonyl (C=O) groups is 2. The van der Waals surface area contributed by atoms with Crippen molar-refractivity contribution in [2.75, 3.05) is 20.2 Å². The number of amides is 2. The third-order valence-electron chi connectivity index (χ3n) is 6.06. The maximum absolute atomic E-state index is 13.2. The van der Waals surface area contributed by atoms with Gasteiger partial charge in [0.25, 0.3) is 5.91 Å². The minimum atomic E-state index is -4.49. The van der Waals surface area contributed by atoms with Crippen molar-refractivity contribution in [1.82, 2.24) is 25.4 Å². The van der Waals surface area contributed by atoms with Crippen LogP contribution in [0.15, 0.2) is 42.6 Å². The lowest BCUT2D eigenvalue weighted by molar-refractivity contribution is -0.138. The lowest BCUT2D eigenvalue weighted by atomic mass is 9.95. The van der Waals surface area contributed by atoms with Gasteiger partial charge in [0.1, 0.15) is 0 Å². The molecule has 36 heavy (non-hydrogen) atoms. The third kappa shape index (κ3) is 5.62. The largest absolute Gasteiger partial charge is 0.481 e. The number of hydrogen-bond acceptors (Lipinski definition) is 5. The summed E-state index contributed by atoms with van der Waals surface area (Å²) in [6.07, 6.45) is -2.27. The molecule has 4 rings (SSSR count). The van der Waals surface area contributed by atoms with Gasteiger partial charge in [-0.05, 0) is 30.5 Å². The van der Waals surface area contributed by atoms with Crippen LogP contribution in [0.2, 0.25) is 5.02 Å². The number of halogens is 4. The second-order valence-electron chi connectivity index (χ2n) is 8.31. The van der Waals surface area contributed by atoms with E-state index in [1.165, 1.54) is 31.5 Å². The summed E-state index contributed by atoms with van der Waals surface area (Å²) in [7, 11) is 1.48. The van der Waals surface area contributed by atoms with E-state index in [-0.39, 0.29) is 29.6 Å². The number of alkyl halides is 3. The highest BCUT2D eigenvalue weighted by atomic mass is 35.5. The maximum atomic E-state index is 13.2. The standard InChI is InChI=1S/C24H23ClF3N5O3/c1-36-21-10-16(18(25)13-29-21)19-11-20(32-31-19)23(35)33-8-6-14(7-9-33)22(34)30-12-15-4-2-3-5-17(15)24(26,27)28/h2-5,10-11,13-14H,6-9,12H2,1H3,(H,30,34)(H,31,32). The molecule has 1 aliphatic rings. The Morgan fingerprint density at radius 1 is 1.22 bits per heavy atom. The zero-order valence-corrected chi connectivity index (χ0v) is 20.0. The molecule has 8 nitrogen and oxygen atoms in total. The fourth-order valence-electron chi connectivity index (χ4n) is 4.09. The van der Waals surface area contributed by atoms with Gasteiger partial charge in [-0.15, -0.1) is 0 Å². The molecule has 3 aromatic rings. The number of nitrogens with one attached hydrogen (secondary N) is 2. The molecule has 0 unspecified atom stereocenters. The Kier molecular flexibility index (Phi) is 7.48. The van der Waals surface area contributed by atoms with Gasteiger partial charge < -0.3 is 15.0 Å². The fraction of sp³-hybridized carbons (Fsp3) is 0.333. The molecule has 2 N–H and O–H groups in total. The first-order valence-electron chi connectivity index (χ1n) is 11.1. The van der Waals surface area contributed by atoms with Gasteiger partial charge in [-0.25, -0.2) is 4.98 Å². The summed E-state index contributed by atoms with van der Waals surface area (Å²) >= 11 is 6.21. The molecular formula is C24H23ClF3N5O3. The molecule has 2 amide bonds. The van der Waals surface area contributed by atoms with Crippen molar-refractivity contribution < 1.29 is 27.5 Å². The van der Waals surface area contributed by atoms with Crippen molar-refractivity contribution in [3.8, 4) is 17.1 Å². The van der Waals surface area contributed by atoms with Crippen LogP contribution in [0.25, 0.3) is 11.3 Å². The van der Waals surface area contributed by atoms with E-state index in [2.05, 4.69) is 20.5 Å². The van der Waals surface area contributed by atoms with E-state index in [9.17, 15) is 22.8 Å². The first kappa shape index (κ1) is 25.5. The van der Waals surface area contributed by atoms with E-state index < -0.39 is 17.7 Å². The van der Waals surface area contributed by atoms with Crippen LogP contribution < -0.4 is 10.1 Å². The fourth-order valence-corrected chi connectivity index (χ4v) is 4.30. The van der Waals surface area contributed by atoms with Gasteiger partial charge in [0, 0.05) is 37.2 Å². The lowest BCUT2D eigenvalue weighted by Crippen LogP contribution is -2.43. The smallest absolute Gasteiger partial charge is 0.416 e. The summed E-state index contributed by atoms with van der Waals surface area (Å²) in [5.74, 6) is -0.668. The second-order valence-corrected chi connectivity index (χ2v) is 8.72. The monoisotopic (exact) mass is 521 g/mol. The van der Waals surface area contributed by atoms with Crippen LogP contribution in [0.4, 0.5) is 13.2 Å². The molecule has 2 aromatic heterocycles. The molecule has 12 heteroatoms. The number of benzene rings is 1. The van der Waals surface area contributed by atoms with Crippen molar-refractivity contribution in [3.05, 3.63) is 64.4 Å². The van der Waals surface area contributed by atoms with Crippen LogP contribution in [0.1, 0.15) is 34.5 Å². The molecular weight excluding hydrogens is 499 g/mol. The number of carbonyl (C=O) groups excluding carboxylic acids is 2. The van der Waals surface area contributed by atoms with Gasteiger partial charge in [-0.3, -0.25) is 14.7 Å². The Hall–Kier alpha value is -3.60. The van der Waals surface area contributed by atoms with Crippen LogP contribution in [-0.4, -0.2) is 52.1 Å². The van der Waals surface area contributed by atoms with E-state index in [0.29, 0.717) is 48.1 Å². The zero-order valence-electron chi connectivity index (χ0n) is 19.2. The highest BCUT2D eigenvalue weighted by Crippen LogP contribution is 2.32. The van der Waals surface area contributed by atoms with Crippen molar-refractivity contribution in [2.45, 2.75) is 25.6 Å². The molecule has 190 valence electrons. The minimum Gasteiger partial charge on any atom is -0.481 e. The van der Waals surface area contributed by atoms with Crippen molar-refractivity contribution in [2.24, 2.45) is 5.92 Å². The predicted octanol–water partition coefficient (Wildman–Crippen LogP) is 4.32. The van der Waals surface area contributed by atoms with Crippen LogP contribution in [-0.2, 0) is 17.5 Å². The molecule has 0 saturated carbocycles. The van der Waals surface area contributed by atoms with Gasteiger partial charge in [0.2, 0.25) is 11.8 Å². The van der Waals surface area contributed by atoms with Gasteiger partial charge in [0.15, 0.2) is 5.69 Å². The number of aromatic amines is 1. The first-order valence-corrected chi connectivity index (χ1v) is 11.5. The van der Waals surface area contributed by atoms with Gasteiger partial charge in [0.05, 0.1) is 29.6 Å². The normalized spacial score (nSPS) is 14.5. The number of H-pyrrole nitrogens is 1. The number of pyridine rings is 1. The topological polar surface area (TPSA) is 100 Å². The first-order chi connectivity index (χ1) is 17.2. The van der Waals surface area contributed by atoms with Crippen LogP contribution in [0, 0.1) is 5.92 Å². The Morgan fingerprint density at radius 2 is 1.94 bits per heavy atom. The molecule has 1 saturated heterocycles. The quantitative estimate of drug-likeness (QED) is 0.503. The number of nitrogens with zero attached hydrogens (tertiary/aromatic N) is 3. The lowest BCUT2D eigenvalue weighted by Gasteiger charge is -2.31. The van der Waals surface area contributed by atoms with Crippen LogP contribution in [0.3, 0.4) is 0 Å². The van der Waals surface area contributed by atoms with Crippen LogP contribution in [0.5, 0.6) is 5.88 Å². The average molecular weight is 522 g/mol. The van der Waals surface area contributed by atoms with Crippen molar-refractivity contribution >= 4 is 23.4 Å². The summed E-state index contributed by atoms with van der Waals surface area (Å²) < 4.78 is 44.6. The highest BCUT2D eigenvalue weighted by Gasteiger charge is 2.33. The number of piperidine rings is 1. The molecule has 0 radical (unpaired) electrons. The van der Waals surface area contributed by atoms with E-state index >= 15 is 0 Å². The SMILES string of the molecule is COc1cc(-c2cc(C(=O)N3CCC(C(=O)NCc4ccccc4C(F)(F)F)CC3)n[nH]2)c(Cl)cn1. The number of hydrogen-bond donors (Lipinski definition) is 2. The summed E-state index contributed by atoms with van der Waals surface area (Å²) in [6, 6.07) is 8.36. The predicted molar refractivity (Wildman–Crippen MR) is 125 cm³/mol. The molecule has 3 heterocycles. The maximum Gasteiger partial charge on any atom is 0.416 e. The summed E-state index contributed by atoms with van der Waals surface area (Å²) in [6.45, 7) is 0.427. The van der Waals surface area contributed by atoms with Gasteiger partial charge in [-0.1, -0.05) is 29.8 Å². The number of aromatic nitrogens is 3. The Morgan fingerprint density at radius 3 is 2.64 bits per heavy atom. The summed E-state index contributed by atoms with van der Waals surface area (Å²) in [5, 5.41) is 9.87. The van der Waals surface area contributed by atoms with E-state index in [1.807, 2.05) is 0 Å². The van der Waals surface area contributed by atoms with E-state index in [0.717, 1.165) is 6.07 Å². The Bertz CT molecular complexity index is 1260. The van der Waals surface area contributed by atoms with Crippen LogP contribution >= 0.6 is 11.6 Å². The molecule has 0 atom stereocenters. The second kappa shape index (κ2) is 10.6. The molecule has 1 aromatic carbocycles. The number of methoxy groups -OCH3 is 1. The summed E-state index contributed by atoms with van der Waals surface area (Å²) in [4.78, 5) is 31.1. The van der Waals surface area contributed by atoms with Gasteiger partial charge in [-0.2, -0.15) is 18.3 Å². The number of rotatable bonds is 6. The van der Waals surface area contributed by atoms with Crippen molar-refractivity contribution in [3.63, 3.8) is 0 Å². The number of ether oxygens (including phenoxy) is 1. The molecule has 0 aliphatic carbocycles. The minimum absolute atomic E-state index is 0.00669. The van der Waals surface area contributed by atoms with E-state index in [4.69, 9.17) is 16.3 Å². The van der Waals surface area contributed by atoms with E-state index in [1.54, 1.807) is 17.0 Å². The Labute approximate surface area is 209 Å². The highest BCUT2D eigenvalue weighted by molar-refractivity contribution is 6.33. The molecule has 1 aliphatic heterocycles. The number of likely N-dealkylation sites (tertiary alicyclic amines) is 1. The zero-order chi connectivity index (χ0) is 25.9. The molecule has 0 bridgehead atoms. The van der Waals surface area contributed by atoms with Gasteiger partial charge >= 0.3 is 6.18 Å². The average Bonchev–Trinajstić information content (AvgIpc) is 3.37. The Balaban J connectivity index is 1.33. The summed E-state index contributed by atoms with van der Waals surface area (Å²) in [5.41, 5.74) is 0.543. The van der Waals surface area contributed by atoms with Crippen molar-refractivity contribution in [1.29, 1.82) is 0 Å². The molecule has 0 spiro atoms.